The summed E-state index contributed by atoms with van der Waals surface area (Å²) in [6, 6.07) is 8.16. The van der Waals surface area contributed by atoms with Crippen LogP contribution in [0.2, 0.25) is 0 Å². The van der Waals surface area contributed by atoms with Crippen LogP contribution < -0.4 is 5.32 Å². The predicted molar refractivity (Wildman–Crippen MR) is 79.7 cm³/mol. The van der Waals surface area contributed by atoms with Crippen molar-refractivity contribution in [3.63, 3.8) is 0 Å². The predicted octanol–water partition coefficient (Wildman–Crippen LogP) is 3.70. The molecule has 1 N–H and O–H groups in total. The molecule has 0 aliphatic heterocycles. The highest BCUT2D eigenvalue weighted by Crippen LogP contribution is 2.30. The molecule has 1 aliphatic carbocycles. The van der Waals surface area contributed by atoms with Crippen molar-refractivity contribution in [2.75, 3.05) is 5.75 Å². The van der Waals surface area contributed by atoms with Gasteiger partial charge in [0.15, 0.2) is 0 Å². The average molecular weight is 305 g/mol. The van der Waals surface area contributed by atoms with Crippen LogP contribution in [0.1, 0.15) is 30.2 Å². The molecule has 1 atom stereocenters. The van der Waals surface area contributed by atoms with E-state index in [9.17, 15) is 9.18 Å². The third kappa shape index (κ3) is 3.47. The zero-order valence-electron chi connectivity index (χ0n) is 11.5. The van der Waals surface area contributed by atoms with Gasteiger partial charge < -0.3 is 9.73 Å². The third-order valence-corrected chi connectivity index (χ3v) is 4.58. The van der Waals surface area contributed by atoms with Crippen molar-refractivity contribution in [1.29, 1.82) is 0 Å². The third-order valence-electron chi connectivity index (χ3n) is 3.57. The molecule has 1 heterocycles. The van der Waals surface area contributed by atoms with Crippen LogP contribution in [0.5, 0.6) is 0 Å². The number of nitrogens with one attached hydrogen (secondary N) is 1. The minimum absolute atomic E-state index is 0.0108. The lowest BCUT2D eigenvalue weighted by Gasteiger charge is -2.22. The number of aryl methyl sites for hydroxylation is 1. The van der Waals surface area contributed by atoms with Gasteiger partial charge in [0.25, 0.3) is 0 Å². The number of hydrogen-bond donors (Lipinski definition) is 1. The molecule has 21 heavy (non-hydrogen) atoms. The van der Waals surface area contributed by atoms with Gasteiger partial charge in [-0.15, -0.1) is 11.8 Å². The summed E-state index contributed by atoms with van der Waals surface area (Å²) < 4.78 is 18.2. The van der Waals surface area contributed by atoms with Crippen molar-refractivity contribution in [1.82, 2.24) is 5.32 Å². The van der Waals surface area contributed by atoms with Crippen molar-refractivity contribution in [2.45, 2.75) is 30.2 Å². The van der Waals surface area contributed by atoms with Crippen molar-refractivity contribution in [2.24, 2.45) is 0 Å². The fourth-order valence-corrected chi connectivity index (χ4v) is 3.26. The number of benzene rings is 1. The van der Waals surface area contributed by atoms with Crippen LogP contribution in [-0.2, 0) is 11.2 Å². The molecule has 0 spiro atoms. The first kappa shape index (κ1) is 14.2. The van der Waals surface area contributed by atoms with Crippen molar-refractivity contribution >= 4 is 17.7 Å². The Kier molecular flexibility index (Phi) is 4.29. The number of fused-ring (bicyclic) bond motifs is 1. The van der Waals surface area contributed by atoms with Crippen LogP contribution in [-0.4, -0.2) is 11.7 Å². The van der Waals surface area contributed by atoms with E-state index in [0.29, 0.717) is 5.75 Å². The largest absolute Gasteiger partial charge is 0.469 e. The van der Waals surface area contributed by atoms with Crippen molar-refractivity contribution in [3.8, 4) is 0 Å². The molecule has 1 unspecified atom stereocenters. The molecule has 1 amide bonds. The highest BCUT2D eigenvalue weighted by atomic mass is 32.2. The Bertz CT molecular complexity index is 623. The number of furan rings is 1. The number of rotatable bonds is 4. The van der Waals surface area contributed by atoms with Crippen LogP contribution in [0.4, 0.5) is 4.39 Å². The summed E-state index contributed by atoms with van der Waals surface area (Å²) >= 11 is 1.41. The molecule has 0 bridgehead atoms. The topological polar surface area (TPSA) is 42.2 Å². The Morgan fingerprint density at radius 2 is 2.14 bits per heavy atom. The molecule has 5 heteroatoms. The molecule has 1 aliphatic rings. The molecule has 3 nitrogen and oxygen atoms in total. The molecular formula is C16H16FNO2S. The van der Waals surface area contributed by atoms with Gasteiger partial charge in [-0.05, 0) is 43.2 Å². The SMILES string of the molecule is O=C(CSc1ccc(F)cc1)NC1CCCc2occc21. The zero-order valence-corrected chi connectivity index (χ0v) is 12.3. The molecule has 0 fully saturated rings. The molecule has 3 rings (SSSR count). The van der Waals surface area contributed by atoms with E-state index < -0.39 is 0 Å². The maximum absolute atomic E-state index is 12.8. The first-order valence-corrected chi connectivity index (χ1v) is 7.95. The first-order valence-electron chi connectivity index (χ1n) is 6.96. The summed E-state index contributed by atoms with van der Waals surface area (Å²) in [6.07, 6.45) is 4.59. The van der Waals surface area contributed by atoms with Crippen molar-refractivity contribution < 1.29 is 13.6 Å². The number of halogens is 1. The van der Waals surface area contributed by atoms with Gasteiger partial charge in [-0.3, -0.25) is 4.79 Å². The minimum atomic E-state index is -0.265. The van der Waals surface area contributed by atoms with Gasteiger partial charge in [0, 0.05) is 16.9 Å². The summed E-state index contributed by atoms with van der Waals surface area (Å²) in [5, 5.41) is 3.05. The molecular weight excluding hydrogens is 289 g/mol. The molecule has 1 aromatic carbocycles. The maximum Gasteiger partial charge on any atom is 0.230 e. The zero-order chi connectivity index (χ0) is 14.7. The van der Waals surface area contributed by atoms with Crippen LogP contribution in [0.25, 0.3) is 0 Å². The van der Waals surface area contributed by atoms with E-state index in [1.807, 2.05) is 6.07 Å². The smallest absolute Gasteiger partial charge is 0.230 e. The van der Waals surface area contributed by atoms with Gasteiger partial charge in [0.1, 0.15) is 11.6 Å². The highest BCUT2D eigenvalue weighted by molar-refractivity contribution is 8.00. The summed E-state index contributed by atoms with van der Waals surface area (Å²) in [7, 11) is 0. The van der Waals surface area contributed by atoms with Crippen LogP contribution >= 0.6 is 11.8 Å². The van der Waals surface area contributed by atoms with E-state index in [1.165, 1.54) is 23.9 Å². The van der Waals surface area contributed by atoms with E-state index in [2.05, 4.69) is 5.32 Å². The Hall–Kier alpha value is -1.75. The molecule has 0 saturated carbocycles. The lowest BCUT2D eigenvalue weighted by Crippen LogP contribution is -2.31. The second-order valence-electron chi connectivity index (χ2n) is 5.05. The molecule has 1 aromatic heterocycles. The maximum atomic E-state index is 12.8. The Morgan fingerprint density at radius 3 is 2.95 bits per heavy atom. The molecule has 2 aromatic rings. The molecule has 110 valence electrons. The Balaban J connectivity index is 1.54. The minimum Gasteiger partial charge on any atom is -0.469 e. The van der Waals surface area contributed by atoms with Gasteiger partial charge >= 0.3 is 0 Å². The van der Waals surface area contributed by atoms with Crippen LogP contribution in [0.3, 0.4) is 0 Å². The number of carbonyl (C=O) groups is 1. The number of thioether (sulfide) groups is 1. The quantitative estimate of drug-likeness (QED) is 0.876. The summed E-state index contributed by atoms with van der Waals surface area (Å²) in [6.45, 7) is 0. The van der Waals surface area contributed by atoms with Gasteiger partial charge in [-0.2, -0.15) is 0 Å². The summed E-state index contributed by atoms with van der Waals surface area (Å²) in [5.74, 6) is 1.04. The second-order valence-corrected chi connectivity index (χ2v) is 6.10. The lowest BCUT2D eigenvalue weighted by molar-refractivity contribution is -0.119. The van der Waals surface area contributed by atoms with E-state index in [-0.39, 0.29) is 17.8 Å². The average Bonchev–Trinajstić information content (AvgIpc) is 2.96. The molecule has 0 saturated heterocycles. The van der Waals surface area contributed by atoms with Gasteiger partial charge in [-0.1, -0.05) is 0 Å². The second kappa shape index (κ2) is 6.35. The first-order chi connectivity index (χ1) is 10.2. The Labute approximate surface area is 126 Å². The summed E-state index contributed by atoms with van der Waals surface area (Å²) in [4.78, 5) is 12.9. The number of carbonyl (C=O) groups excluding carboxylic acids is 1. The van der Waals surface area contributed by atoms with E-state index in [4.69, 9.17) is 4.42 Å². The van der Waals surface area contributed by atoms with Crippen LogP contribution in [0, 0.1) is 5.82 Å². The Morgan fingerprint density at radius 1 is 1.33 bits per heavy atom. The van der Waals surface area contributed by atoms with Gasteiger partial charge in [-0.25, -0.2) is 4.39 Å². The van der Waals surface area contributed by atoms with Crippen molar-refractivity contribution in [3.05, 3.63) is 53.7 Å². The standard InChI is InChI=1S/C16H16FNO2S/c17-11-4-6-12(7-5-11)21-10-16(19)18-14-2-1-3-15-13(14)8-9-20-15/h4-9,14H,1-3,10H2,(H,18,19). The highest BCUT2D eigenvalue weighted by Gasteiger charge is 2.23. The van der Waals surface area contributed by atoms with E-state index in [0.717, 1.165) is 35.5 Å². The fourth-order valence-electron chi connectivity index (χ4n) is 2.55. The number of hydrogen-bond acceptors (Lipinski definition) is 3. The van der Waals surface area contributed by atoms with E-state index >= 15 is 0 Å². The van der Waals surface area contributed by atoms with Gasteiger partial charge in [0.05, 0.1) is 18.1 Å². The van der Waals surface area contributed by atoms with Crippen LogP contribution in [0.15, 0.2) is 45.9 Å². The summed E-state index contributed by atoms with van der Waals surface area (Å²) in [5.41, 5.74) is 1.10. The monoisotopic (exact) mass is 305 g/mol. The molecule has 0 radical (unpaired) electrons. The van der Waals surface area contributed by atoms with E-state index in [1.54, 1.807) is 18.4 Å². The van der Waals surface area contributed by atoms with Gasteiger partial charge in [0.2, 0.25) is 5.91 Å². The fraction of sp³-hybridized carbons (Fsp3) is 0.312. The normalized spacial score (nSPS) is 17.3. The lowest BCUT2D eigenvalue weighted by atomic mass is 9.93. The number of amides is 1.